The fourth-order valence-electron chi connectivity index (χ4n) is 1.32. The standard InChI is InChI=1S/C13H16O/c1-2-3-5-12-7-9-13(10-8-12)6-4-11-14/h2-3,7-11H,4-6H2,1H3/b3-2+. The minimum absolute atomic E-state index is 0.619. The second kappa shape index (κ2) is 6.14. The molecule has 0 spiro atoms. The summed E-state index contributed by atoms with van der Waals surface area (Å²) in [6.45, 7) is 2.03. The summed E-state index contributed by atoms with van der Waals surface area (Å²) < 4.78 is 0. The van der Waals surface area contributed by atoms with Crippen molar-refractivity contribution in [2.45, 2.75) is 26.2 Å². The summed E-state index contributed by atoms with van der Waals surface area (Å²) in [6.07, 6.45) is 7.63. The normalized spacial score (nSPS) is 10.6. The number of aldehydes is 1. The molecular weight excluding hydrogens is 172 g/mol. The lowest BCUT2D eigenvalue weighted by Crippen LogP contribution is -1.87. The fraction of sp³-hybridized carbons (Fsp3) is 0.308. The van der Waals surface area contributed by atoms with E-state index in [1.807, 2.05) is 6.92 Å². The topological polar surface area (TPSA) is 17.1 Å². The van der Waals surface area contributed by atoms with Gasteiger partial charge in [0.05, 0.1) is 0 Å². The quantitative estimate of drug-likeness (QED) is 0.513. The van der Waals surface area contributed by atoms with E-state index in [0.29, 0.717) is 6.42 Å². The summed E-state index contributed by atoms with van der Waals surface area (Å²) in [5.41, 5.74) is 2.55. The number of allylic oxidation sites excluding steroid dienone is 2. The average Bonchev–Trinajstić information content (AvgIpc) is 2.25. The molecule has 14 heavy (non-hydrogen) atoms. The van der Waals surface area contributed by atoms with Crippen molar-refractivity contribution in [1.29, 1.82) is 0 Å². The molecule has 0 saturated carbocycles. The van der Waals surface area contributed by atoms with E-state index in [2.05, 4.69) is 36.4 Å². The van der Waals surface area contributed by atoms with Gasteiger partial charge in [0.1, 0.15) is 6.29 Å². The van der Waals surface area contributed by atoms with E-state index >= 15 is 0 Å². The lowest BCUT2D eigenvalue weighted by Gasteiger charge is -2.00. The van der Waals surface area contributed by atoms with Gasteiger partial charge in [0, 0.05) is 6.42 Å². The first-order chi connectivity index (χ1) is 6.86. The second-order valence-corrected chi connectivity index (χ2v) is 3.29. The summed E-state index contributed by atoms with van der Waals surface area (Å²) in [4.78, 5) is 10.2. The molecule has 0 amide bonds. The van der Waals surface area contributed by atoms with Crippen LogP contribution in [-0.4, -0.2) is 6.29 Å². The Hall–Kier alpha value is -1.37. The molecule has 1 rings (SSSR count). The zero-order chi connectivity index (χ0) is 10.2. The van der Waals surface area contributed by atoms with Crippen LogP contribution in [-0.2, 0) is 17.6 Å². The Bertz CT molecular complexity index is 296. The van der Waals surface area contributed by atoms with Crippen molar-refractivity contribution in [3.05, 3.63) is 47.5 Å². The Morgan fingerprint density at radius 1 is 1.14 bits per heavy atom. The summed E-state index contributed by atoms with van der Waals surface area (Å²) >= 11 is 0. The van der Waals surface area contributed by atoms with Crippen molar-refractivity contribution in [3.63, 3.8) is 0 Å². The molecule has 0 bridgehead atoms. The first kappa shape index (κ1) is 10.7. The van der Waals surface area contributed by atoms with Crippen molar-refractivity contribution in [2.24, 2.45) is 0 Å². The molecule has 0 aromatic heterocycles. The molecule has 0 aliphatic carbocycles. The first-order valence-electron chi connectivity index (χ1n) is 4.99. The highest BCUT2D eigenvalue weighted by atomic mass is 16.1. The van der Waals surface area contributed by atoms with Crippen molar-refractivity contribution in [2.75, 3.05) is 0 Å². The number of hydrogen-bond donors (Lipinski definition) is 0. The monoisotopic (exact) mass is 188 g/mol. The number of aryl methyl sites for hydroxylation is 1. The molecule has 0 N–H and O–H groups in total. The van der Waals surface area contributed by atoms with Gasteiger partial charge in [-0.05, 0) is 30.9 Å². The van der Waals surface area contributed by atoms with E-state index in [-0.39, 0.29) is 0 Å². The molecule has 1 nitrogen and oxygen atoms in total. The van der Waals surface area contributed by atoms with E-state index in [4.69, 9.17) is 0 Å². The molecule has 0 unspecified atom stereocenters. The Morgan fingerprint density at radius 3 is 2.36 bits per heavy atom. The summed E-state index contributed by atoms with van der Waals surface area (Å²) in [5, 5.41) is 0. The SMILES string of the molecule is C/C=C/Cc1ccc(CCC=O)cc1. The highest BCUT2D eigenvalue weighted by molar-refractivity contribution is 5.50. The molecule has 0 aliphatic heterocycles. The van der Waals surface area contributed by atoms with Crippen LogP contribution in [0.2, 0.25) is 0 Å². The van der Waals surface area contributed by atoms with Crippen LogP contribution >= 0.6 is 0 Å². The Balaban J connectivity index is 2.54. The van der Waals surface area contributed by atoms with Crippen molar-refractivity contribution in [1.82, 2.24) is 0 Å². The number of rotatable bonds is 5. The van der Waals surface area contributed by atoms with E-state index in [1.54, 1.807) is 0 Å². The first-order valence-corrected chi connectivity index (χ1v) is 4.99. The Labute approximate surface area is 85.5 Å². The van der Waals surface area contributed by atoms with Crippen LogP contribution in [0.3, 0.4) is 0 Å². The van der Waals surface area contributed by atoms with Crippen LogP contribution in [0.5, 0.6) is 0 Å². The summed E-state index contributed by atoms with van der Waals surface area (Å²) in [7, 11) is 0. The van der Waals surface area contributed by atoms with Gasteiger partial charge >= 0.3 is 0 Å². The van der Waals surface area contributed by atoms with Crippen molar-refractivity contribution in [3.8, 4) is 0 Å². The van der Waals surface area contributed by atoms with Crippen LogP contribution in [0.4, 0.5) is 0 Å². The van der Waals surface area contributed by atoms with Gasteiger partial charge in [0.15, 0.2) is 0 Å². The number of benzene rings is 1. The number of hydrogen-bond acceptors (Lipinski definition) is 1. The second-order valence-electron chi connectivity index (χ2n) is 3.29. The molecule has 0 heterocycles. The van der Waals surface area contributed by atoms with Crippen LogP contribution in [0.1, 0.15) is 24.5 Å². The predicted molar refractivity (Wildman–Crippen MR) is 59.3 cm³/mol. The van der Waals surface area contributed by atoms with Gasteiger partial charge < -0.3 is 4.79 Å². The van der Waals surface area contributed by atoms with E-state index in [9.17, 15) is 4.79 Å². The third-order valence-corrected chi connectivity index (χ3v) is 2.16. The molecule has 1 heteroatoms. The average molecular weight is 188 g/mol. The zero-order valence-electron chi connectivity index (χ0n) is 8.57. The molecule has 74 valence electrons. The lowest BCUT2D eigenvalue weighted by molar-refractivity contribution is -0.107. The molecule has 1 aromatic carbocycles. The number of carbonyl (C=O) groups excluding carboxylic acids is 1. The van der Waals surface area contributed by atoms with Crippen molar-refractivity contribution < 1.29 is 4.79 Å². The smallest absolute Gasteiger partial charge is 0.120 e. The Kier molecular flexibility index (Phi) is 4.70. The van der Waals surface area contributed by atoms with Crippen molar-refractivity contribution >= 4 is 6.29 Å². The minimum Gasteiger partial charge on any atom is -0.303 e. The molecule has 0 aliphatic rings. The maximum Gasteiger partial charge on any atom is 0.120 e. The maximum absolute atomic E-state index is 10.2. The van der Waals surface area contributed by atoms with E-state index < -0.39 is 0 Å². The maximum atomic E-state index is 10.2. The summed E-state index contributed by atoms with van der Waals surface area (Å²) in [6, 6.07) is 8.45. The lowest BCUT2D eigenvalue weighted by atomic mass is 10.1. The van der Waals surface area contributed by atoms with Crippen LogP contribution in [0, 0.1) is 0 Å². The fourth-order valence-corrected chi connectivity index (χ4v) is 1.32. The number of carbonyl (C=O) groups is 1. The Morgan fingerprint density at radius 2 is 1.79 bits per heavy atom. The van der Waals surface area contributed by atoms with Gasteiger partial charge in [-0.25, -0.2) is 0 Å². The van der Waals surface area contributed by atoms with Gasteiger partial charge in [0.25, 0.3) is 0 Å². The molecular formula is C13H16O. The molecule has 1 aromatic rings. The van der Waals surface area contributed by atoms with E-state index in [1.165, 1.54) is 11.1 Å². The van der Waals surface area contributed by atoms with Crippen LogP contribution in [0.25, 0.3) is 0 Å². The molecule has 0 radical (unpaired) electrons. The van der Waals surface area contributed by atoms with Gasteiger partial charge in [-0.1, -0.05) is 36.4 Å². The molecule has 0 saturated heterocycles. The van der Waals surface area contributed by atoms with Gasteiger partial charge in [-0.2, -0.15) is 0 Å². The van der Waals surface area contributed by atoms with Gasteiger partial charge in [-0.15, -0.1) is 0 Å². The van der Waals surface area contributed by atoms with Gasteiger partial charge in [0.2, 0.25) is 0 Å². The zero-order valence-corrected chi connectivity index (χ0v) is 8.57. The van der Waals surface area contributed by atoms with Crippen LogP contribution < -0.4 is 0 Å². The highest BCUT2D eigenvalue weighted by Gasteiger charge is 1.93. The largest absolute Gasteiger partial charge is 0.303 e. The predicted octanol–water partition coefficient (Wildman–Crippen LogP) is 2.94. The third kappa shape index (κ3) is 3.56. The van der Waals surface area contributed by atoms with E-state index in [0.717, 1.165) is 19.1 Å². The summed E-state index contributed by atoms with van der Waals surface area (Å²) in [5.74, 6) is 0. The molecule has 0 fully saturated rings. The van der Waals surface area contributed by atoms with Crippen LogP contribution in [0.15, 0.2) is 36.4 Å². The highest BCUT2D eigenvalue weighted by Crippen LogP contribution is 2.07. The third-order valence-electron chi connectivity index (χ3n) is 2.16. The minimum atomic E-state index is 0.619. The van der Waals surface area contributed by atoms with Gasteiger partial charge in [-0.3, -0.25) is 0 Å². The molecule has 0 atom stereocenters.